The number of carbonyl (C=O) groups excluding carboxylic acids is 1. The summed E-state index contributed by atoms with van der Waals surface area (Å²) >= 11 is 15.2. The lowest BCUT2D eigenvalue weighted by atomic mass is 10.2. The second-order valence-corrected chi connectivity index (χ2v) is 10.4. The van der Waals surface area contributed by atoms with E-state index in [2.05, 4.69) is 65.0 Å². The molecule has 4 rings (SSSR count). The molecular formula is C24H16Br2ClIN2O4. The Morgan fingerprint density at radius 2 is 2.00 bits per heavy atom. The number of furan rings is 1. The van der Waals surface area contributed by atoms with Crippen molar-refractivity contribution in [3.05, 3.63) is 89.0 Å². The van der Waals surface area contributed by atoms with Gasteiger partial charge in [0.25, 0.3) is 0 Å². The van der Waals surface area contributed by atoms with Gasteiger partial charge in [0.2, 0.25) is 0 Å². The molecular weight excluding hydrogens is 702 g/mol. The van der Waals surface area contributed by atoms with E-state index >= 15 is 0 Å². The average molecular weight is 719 g/mol. The van der Waals surface area contributed by atoms with E-state index in [-0.39, 0.29) is 5.76 Å². The molecule has 174 valence electrons. The molecule has 1 aromatic heterocycles. The molecule has 0 unspecified atom stereocenters. The van der Waals surface area contributed by atoms with Crippen molar-refractivity contribution >= 4 is 89.1 Å². The van der Waals surface area contributed by atoms with Gasteiger partial charge in [-0.25, -0.2) is 5.43 Å². The second kappa shape index (κ2) is 11.1. The molecule has 0 aliphatic carbocycles. The molecule has 0 bridgehead atoms. The monoisotopic (exact) mass is 716 g/mol. The van der Waals surface area contributed by atoms with Crippen LogP contribution >= 0.6 is 66.1 Å². The van der Waals surface area contributed by atoms with Gasteiger partial charge in [0.05, 0.1) is 21.4 Å². The Kier molecular flexibility index (Phi) is 8.18. The van der Waals surface area contributed by atoms with Crippen molar-refractivity contribution < 1.29 is 18.7 Å². The van der Waals surface area contributed by atoms with Gasteiger partial charge in [-0.15, -0.1) is 0 Å². The predicted molar refractivity (Wildman–Crippen MR) is 148 cm³/mol. The van der Waals surface area contributed by atoms with E-state index in [9.17, 15) is 4.79 Å². The molecule has 0 aliphatic rings. The minimum atomic E-state index is -0.461. The highest BCUT2D eigenvalue weighted by Crippen LogP contribution is 2.35. The quantitative estimate of drug-likeness (QED) is 0.122. The first-order valence-electron chi connectivity index (χ1n) is 9.81. The number of carbonyl (C=O) groups is 1. The molecule has 0 atom stereocenters. The van der Waals surface area contributed by atoms with Crippen molar-refractivity contribution in [3.8, 4) is 11.5 Å². The number of hydrogen-bond acceptors (Lipinski definition) is 5. The zero-order valence-electron chi connectivity index (χ0n) is 17.6. The standard InChI is InChI=1S/C24H16Br2ClIN2O4/c1-32-20-7-13(6-19(28)23(20)33-12-14-4-2-3-5-18(14)27)11-29-30-24(31)21-9-15-8-16(25)10-17(26)22(15)34-21/h2-11H,12H2,1H3,(H,30,31)/b29-11-. The summed E-state index contributed by atoms with van der Waals surface area (Å²) in [7, 11) is 1.56. The summed E-state index contributed by atoms with van der Waals surface area (Å²) in [6.45, 7) is 0.305. The molecule has 6 nitrogen and oxygen atoms in total. The molecule has 1 heterocycles. The summed E-state index contributed by atoms with van der Waals surface area (Å²) in [5.41, 5.74) is 4.67. The minimum absolute atomic E-state index is 0.154. The van der Waals surface area contributed by atoms with Crippen LogP contribution in [0.5, 0.6) is 11.5 Å². The van der Waals surface area contributed by atoms with E-state index in [1.807, 2.05) is 42.5 Å². The number of methoxy groups -OCH3 is 1. The molecule has 0 spiro atoms. The maximum Gasteiger partial charge on any atom is 0.307 e. The zero-order valence-corrected chi connectivity index (χ0v) is 23.7. The highest BCUT2D eigenvalue weighted by Gasteiger charge is 2.15. The first-order chi connectivity index (χ1) is 16.4. The van der Waals surface area contributed by atoms with Crippen LogP contribution in [0.2, 0.25) is 5.02 Å². The van der Waals surface area contributed by atoms with Crippen molar-refractivity contribution in [1.82, 2.24) is 5.43 Å². The van der Waals surface area contributed by atoms with Crippen LogP contribution in [0.1, 0.15) is 21.7 Å². The number of fused-ring (bicyclic) bond motifs is 1. The van der Waals surface area contributed by atoms with Crippen LogP contribution in [-0.2, 0) is 6.61 Å². The van der Waals surface area contributed by atoms with Gasteiger partial charge in [-0.05, 0) is 80.5 Å². The molecule has 1 amide bonds. The Morgan fingerprint density at radius 3 is 2.76 bits per heavy atom. The van der Waals surface area contributed by atoms with E-state index in [1.165, 1.54) is 6.21 Å². The minimum Gasteiger partial charge on any atom is -0.493 e. The van der Waals surface area contributed by atoms with Crippen LogP contribution in [0.3, 0.4) is 0 Å². The van der Waals surface area contributed by atoms with Crippen LogP contribution in [-0.4, -0.2) is 19.2 Å². The lowest BCUT2D eigenvalue weighted by Gasteiger charge is -2.14. The van der Waals surface area contributed by atoms with E-state index in [0.29, 0.717) is 28.7 Å². The number of hydrogen-bond donors (Lipinski definition) is 1. The SMILES string of the molecule is COc1cc(/C=N\NC(=O)c2cc3cc(Br)cc(Br)c3o2)cc(I)c1OCc1ccccc1Cl. The largest absolute Gasteiger partial charge is 0.493 e. The molecule has 0 radical (unpaired) electrons. The maximum atomic E-state index is 12.5. The van der Waals surface area contributed by atoms with Gasteiger partial charge in [-0.2, -0.15) is 5.10 Å². The second-order valence-electron chi connectivity index (χ2n) is 7.03. The Morgan fingerprint density at radius 1 is 1.21 bits per heavy atom. The van der Waals surface area contributed by atoms with Gasteiger partial charge in [0.1, 0.15) is 12.2 Å². The van der Waals surface area contributed by atoms with Crippen LogP contribution in [0.4, 0.5) is 0 Å². The fourth-order valence-corrected chi connectivity index (χ4v) is 5.44. The lowest BCUT2D eigenvalue weighted by molar-refractivity contribution is 0.0929. The van der Waals surface area contributed by atoms with E-state index < -0.39 is 5.91 Å². The Balaban J connectivity index is 1.46. The molecule has 1 N–H and O–H groups in total. The molecule has 0 saturated carbocycles. The van der Waals surface area contributed by atoms with E-state index in [0.717, 1.165) is 29.0 Å². The van der Waals surface area contributed by atoms with Crippen LogP contribution in [0.15, 0.2) is 73.1 Å². The fourth-order valence-electron chi connectivity index (χ4n) is 3.13. The summed E-state index contributed by atoms with van der Waals surface area (Å²) < 4.78 is 19.6. The smallest absolute Gasteiger partial charge is 0.307 e. The number of nitrogens with one attached hydrogen (secondary N) is 1. The van der Waals surface area contributed by atoms with E-state index in [4.69, 9.17) is 25.5 Å². The Labute approximate surface area is 231 Å². The first-order valence-corrected chi connectivity index (χ1v) is 12.9. The molecule has 3 aromatic carbocycles. The number of rotatable bonds is 7. The number of nitrogens with zero attached hydrogens (tertiary/aromatic N) is 1. The third-order valence-corrected chi connectivity index (χ3v) is 6.94. The van der Waals surface area contributed by atoms with Gasteiger partial charge in [-0.1, -0.05) is 45.7 Å². The average Bonchev–Trinajstić information content (AvgIpc) is 3.23. The number of benzene rings is 3. The van der Waals surface area contributed by atoms with Crippen LogP contribution in [0.25, 0.3) is 11.0 Å². The van der Waals surface area contributed by atoms with Crippen molar-refractivity contribution in [2.45, 2.75) is 6.61 Å². The van der Waals surface area contributed by atoms with Gasteiger partial charge >= 0.3 is 5.91 Å². The third kappa shape index (κ3) is 5.76. The normalized spacial score (nSPS) is 11.2. The summed E-state index contributed by atoms with van der Waals surface area (Å²) in [4.78, 5) is 12.5. The number of ether oxygens (including phenoxy) is 2. The summed E-state index contributed by atoms with van der Waals surface area (Å²) in [5.74, 6) is 0.834. The third-order valence-electron chi connectivity index (χ3n) is 4.72. The molecule has 0 saturated heterocycles. The molecule has 10 heteroatoms. The molecule has 0 fully saturated rings. The number of halogens is 4. The van der Waals surface area contributed by atoms with Crippen molar-refractivity contribution in [2.75, 3.05) is 7.11 Å². The highest BCUT2D eigenvalue weighted by atomic mass is 127. The lowest BCUT2D eigenvalue weighted by Crippen LogP contribution is -2.16. The highest BCUT2D eigenvalue weighted by molar-refractivity contribution is 14.1. The van der Waals surface area contributed by atoms with Gasteiger partial charge in [0, 0.05) is 20.4 Å². The van der Waals surface area contributed by atoms with Crippen LogP contribution < -0.4 is 14.9 Å². The first kappa shape index (κ1) is 25.0. The van der Waals surface area contributed by atoms with Crippen LogP contribution in [0, 0.1) is 3.57 Å². The number of amides is 1. The van der Waals surface area contributed by atoms with Crippen molar-refractivity contribution in [3.63, 3.8) is 0 Å². The van der Waals surface area contributed by atoms with Gasteiger partial charge in [0.15, 0.2) is 17.3 Å². The fraction of sp³-hybridized carbons (Fsp3) is 0.0833. The predicted octanol–water partition coefficient (Wildman–Crippen LogP) is 7.57. The number of hydrazone groups is 1. The van der Waals surface area contributed by atoms with Gasteiger partial charge < -0.3 is 13.9 Å². The van der Waals surface area contributed by atoms with Crippen molar-refractivity contribution in [1.29, 1.82) is 0 Å². The van der Waals surface area contributed by atoms with Gasteiger partial charge in [-0.3, -0.25) is 4.79 Å². The summed E-state index contributed by atoms with van der Waals surface area (Å²) in [6.07, 6.45) is 1.52. The molecule has 0 aliphatic heterocycles. The topological polar surface area (TPSA) is 73.1 Å². The molecule has 34 heavy (non-hydrogen) atoms. The summed E-state index contributed by atoms with van der Waals surface area (Å²) in [5, 5.41) is 5.49. The zero-order chi connectivity index (χ0) is 24.2. The maximum absolute atomic E-state index is 12.5. The molecule has 4 aromatic rings. The Bertz CT molecular complexity index is 1410. The Hall–Kier alpha value is -2.08. The van der Waals surface area contributed by atoms with E-state index in [1.54, 1.807) is 19.2 Å². The summed E-state index contributed by atoms with van der Waals surface area (Å²) in [6, 6.07) is 16.5. The van der Waals surface area contributed by atoms with Crippen molar-refractivity contribution in [2.24, 2.45) is 5.10 Å².